The Hall–Kier alpha value is -1.69. The van der Waals surface area contributed by atoms with Crippen molar-refractivity contribution in [1.82, 2.24) is 19.9 Å². The molecule has 2 N–H and O–H groups in total. The molecule has 0 saturated carbocycles. The van der Waals surface area contributed by atoms with Gasteiger partial charge in [-0.3, -0.25) is 4.98 Å². The molecule has 0 aliphatic carbocycles. The first-order chi connectivity index (χ1) is 7.69. The van der Waals surface area contributed by atoms with Crippen LogP contribution in [-0.4, -0.2) is 26.2 Å². The van der Waals surface area contributed by atoms with E-state index in [0.717, 1.165) is 11.1 Å². The van der Waals surface area contributed by atoms with Crippen LogP contribution in [0.2, 0.25) is 0 Å². The Bertz CT molecular complexity index is 514. The summed E-state index contributed by atoms with van der Waals surface area (Å²) in [6.45, 7) is 1.97. The van der Waals surface area contributed by atoms with Crippen LogP contribution in [-0.2, 0) is 0 Å². The van der Waals surface area contributed by atoms with E-state index >= 15 is 0 Å². The average molecular weight is 233 g/mol. The van der Waals surface area contributed by atoms with Crippen LogP contribution in [0.5, 0.6) is 0 Å². The first kappa shape index (κ1) is 10.8. The van der Waals surface area contributed by atoms with Gasteiger partial charge >= 0.3 is 0 Å². The molecule has 0 spiro atoms. The third kappa shape index (κ3) is 2.27. The Morgan fingerprint density at radius 1 is 1.19 bits per heavy atom. The Morgan fingerprint density at radius 2 is 2.00 bits per heavy atom. The van der Waals surface area contributed by atoms with Gasteiger partial charge in [0.25, 0.3) is 0 Å². The van der Waals surface area contributed by atoms with Crippen LogP contribution >= 0.6 is 11.8 Å². The predicted molar refractivity (Wildman–Crippen MR) is 64.0 cm³/mol. The van der Waals surface area contributed by atoms with Crippen molar-refractivity contribution in [3.63, 3.8) is 0 Å². The third-order valence-electron chi connectivity index (χ3n) is 1.95. The zero-order valence-corrected chi connectivity index (χ0v) is 9.82. The molecule has 2 aromatic rings. The van der Waals surface area contributed by atoms with E-state index in [4.69, 9.17) is 5.73 Å². The number of pyridine rings is 1. The minimum Gasteiger partial charge on any atom is -0.368 e. The fourth-order valence-corrected chi connectivity index (χ4v) is 1.63. The van der Waals surface area contributed by atoms with Crippen molar-refractivity contribution in [1.29, 1.82) is 0 Å². The lowest BCUT2D eigenvalue weighted by Gasteiger charge is -2.03. The minimum absolute atomic E-state index is 0.232. The van der Waals surface area contributed by atoms with E-state index in [-0.39, 0.29) is 5.95 Å². The standard InChI is InChI=1S/C10H11N5S/c1-6-3-7(5-12-4-6)8-13-9(11)15-10(14-8)16-2/h3-5H,1-2H3,(H2,11,13,14,15). The van der Waals surface area contributed by atoms with Crippen molar-refractivity contribution in [2.24, 2.45) is 0 Å². The van der Waals surface area contributed by atoms with Gasteiger partial charge in [0.2, 0.25) is 5.95 Å². The van der Waals surface area contributed by atoms with Crippen molar-refractivity contribution in [3.8, 4) is 11.4 Å². The number of nitrogen functional groups attached to an aromatic ring is 1. The third-order valence-corrected chi connectivity index (χ3v) is 2.50. The van der Waals surface area contributed by atoms with Crippen molar-refractivity contribution >= 4 is 17.7 Å². The molecule has 0 bridgehead atoms. The first-order valence-electron chi connectivity index (χ1n) is 4.66. The van der Waals surface area contributed by atoms with Gasteiger partial charge in [0.15, 0.2) is 11.0 Å². The van der Waals surface area contributed by atoms with Crippen molar-refractivity contribution in [3.05, 3.63) is 24.0 Å². The van der Waals surface area contributed by atoms with Crippen LogP contribution in [0.1, 0.15) is 5.56 Å². The van der Waals surface area contributed by atoms with Gasteiger partial charge in [-0.25, -0.2) is 4.98 Å². The summed E-state index contributed by atoms with van der Waals surface area (Å²) in [5.41, 5.74) is 7.52. The van der Waals surface area contributed by atoms with Crippen LogP contribution < -0.4 is 5.73 Å². The summed E-state index contributed by atoms with van der Waals surface area (Å²) in [6.07, 6.45) is 5.39. The van der Waals surface area contributed by atoms with E-state index in [0.29, 0.717) is 11.0 Å². The van der Waals surface area contributed by atoms with Gasteiger partial charge in [-0.1, -0.05) is 11.8 Å². The number of nitrogens with zero attached hydrogens (tertiary/aromatic N) is 4. The topological polar surface area (TPSA) is 77.6 Å². The lowest BCUT2D eigenvalue weighted by molar-refractivity contribution is 0.926. The fourth-order valence-electron chi connectivity index (χ4n) is 1.27. The van der Waals surface area contributed by atoms with E-state index in [1.165, 1.54) is 11.8 Å². The molecule has 6 heteroatoms. The summed E-state index contributed by atoms with van der Waals surface area (Å²) in [5, 5.41) is 0.615. The zero-order valence-electron chi connectivity index (χ0n) is 9.01. The SMILES string of the molecule is CSc1nc(N)nc(-c2cncc(C)c2)n1. The molecule has 82 valence electrons. The largest absolute Gasteiger partial charge is 0.368 e. The van der Waals surface area contributed by atoms with Crippen molar-refractivity contribution in [2.45, 2.75) is 12.1 Å². The summed E-state index contributed by atoms with van der Waals surface area (Å²) >= 11 is 1.43. The summed E-state index contributed by atoms with van der Waals surface area (Å²) < 4.78 is 0. The maximum Gasteiger partial charge on any atom is 0.224 e. The first-order valence-corrected chi connectivity index (χ1v) is 5.89. The quantitative estimate of drug-likeness (QED) is 0.793. The molecule has 16 heavy (non-hydrogen) atoms. The van der Waals surface area contributed by atoms with E-state index in [1.807, 2.05) is 19.2 Å². The molecule has 0 saturated heterocycles. The van der Waals surface area contributed by atoms with Crippen LogP contribution in [0.15, 0.2) is 23.6 Å². The van der Waals surface area contributed by atoms with E-state index in [2.05, 4.69) is 19.9 Å². The number of hydrogen-bond acceptors (Lipinski definition) is 6. The number of thioether (sulfide) groups is 1. The molecule has 0 unspecified atom stereocenters. The molecule has 5 nitrogen and oxygen atoms in total. The van der Waals surface area contributed by atoms with Gasteiger partial charge in [0.1, 0.15) is 0 Å². The van der Waals surface area contributed by atoms with E-state index in [9.17, 15) is 0 Å². The summed E-state index contributed by atoms with van der Waals surface area (Å²) in [6, 6.07) is 1.96. The van der Waals surface area contributed by atoms with Gasteiger partial charge < -0.3 is 5.73 Å². The highest BCUT2D eigenvalue weighted by atomic mass is 32.2. The molecular weight excluding hydrogens is 222 g/mol. The summed E-state index contributed by atoms with van der Waals surface area (Å²) in [5.74, 6) is 0.795. The molecule has 0 aromatic carbocycles. The Kier molecular flexibility index (Phi) is 3.00. The van der Waals surface area contributed by atoms with E-state index < -0.39 is 0 Å². The van der Waals surface area contributed by atoms with Crippen LogP contribution in [0.25, 0.3) is 11.4 Å². The molecule has 0 atom stereocenters. The molecule has 2 rings (SSSR count). The van der Waals surface area contributed by atoms with Crippen molar-refractivity contribution < 1.29 is 0 Å². The molecule has 0 aliphatic rings. The Balaban J connectivity index is 2.51. The number of anilines is 1. The molecule has 2 aromatic heterocycles. The second-order valence-electron chi connectivity index (χ2n) is 3.25. The number of aromatic nitrogens is 4. The van der Waals surface area contributed by atoms with Gasteiger partial charge in [-0.2, -0.15) is 9.97 Å². The Labute approximate surface area is 97.6 Å². The van der Waals surface area contributed by atoms with E-state index in [1.54, 1.807) is 12.4 Å². The molecule has 0 fully saturated rings. The predicted octanol–water partition coefficient (Wildman–Crippen LogP) is 1.55. The highest BCUT2D eigenvalue weighted by molar-refractivity contribution is 7.98. The minimum atomic E-state index is 0.232. The lowest BCUT2D eigenvalue weighted by atomic mass is 10.2. The lowest BCUT2D eigenvalue weighted by Crippen LogP contribution is -2.01. The second-order valence-corrected chi connectivity index (χ2v) is 4.03. The maximum absolute atomic E-state index is 5.61. The molecule has 2 heterocycles. The molecule has 0 amide bonds. The molecular formula is C10H11N5S. The Morgan fingerprint density at radius 3 is 2.69 bits per heavy atom. The molecule has 0 aliphatic heterocycles. The normalized spacial score (nSPS) is 10.4. The summed E-state index contributed by atoms with van der Waals surface area (Å²) in [7, 11) is 0. The van der Waals surface area contributed by atoms with Crippen LogP contribution in [0.4, 0.5) is 5.95 Å². The number of nitrogens with two attached hydrogens (primary N) is 1. The highest BCUT2D eigenvalue weighted by Crippen LogP contribution is 2.18. The highest BCUT2D eigenvalue weighted by Gasteiger charge is 2.06. The number of hydrogen-bond donors (Lipinski definition) is 1. The van der Waals surface area contributed by atoms with Crippen molar-refractivity contribution in [2.75, 3.05) is 12.0 Å². The van der Waals surface area contributed by atoms with Gasteiger partial charge in [0.05, 0.1) is 0 Å². The number of rotatable bonds is 2. The van der Waals surface area contributed by atoms with Gasteiger partial charge in [-0.15, -0.1) is 0 Å². The van der Waals surface area contributed by atoms with Crippen LogP contribution in [0, 0.1) is 6.92 Å². The fraction of sp³-hybridized carbons (Fsp3) is 0.200. The number of aryl methyl sites for hydroxylation is 1. The summed E-state index contributed by atoms with van der Waals surface area (Å²) in [4.78, 5) is 16.5. The monoisotopic (exact) mass is 233 g/mol. The molecule has 0 radical (unpaired) electrons. The average Bonchev–Trinajstić information content (AvgIpc) is 2.28. The zero-order chi connectivity index (χ0) is 11.5. The van der Waals surface area contributed by atoms with Gasteiger partial charge in [-0.05, 0) is 24.8 Å². The second kappa shape index (κ2) is 4.44. The van der Waals surface area contributed by atoms with Gasteiger partial charge in [0, 0.05) is 18.0 Å². The maximum atomic E-state index is 5.61. The smallest absolute Gasteiger partial charge is 0.224 e. The van der Waals surface area contributed by atoms with Crippen LogP contribution in [0.3, 0.4) is 0 Å².